The van der Waals surface area contributed by atoms with Crippen LogP contribution in [0.1, 0.15) is 51.5 Å². The van der Waals surface area contributed by atoms with E-state index in [1.54, 1.807) is 0 Å². The van der Waals surface area contributed by atoms with Gasteiger partial charge in [0.05, 0.1) is 6.20 Å². The third kappa shape index (κ3) is 8.38. The molecule has 0 aliphatic carbocycles. The molecular formula is C16H31N5. The topological polar surface area (TPSA) is 54.2 Å². The molecule has 0 fully saturated rings. The molecule has 0 saturated heterocycles. The van der Waals surface area contributed by atoms with E-state index < -0.39 is 0 Å². The Bertz CT molecular complexity index is 397. The number of unbranched alkanes of at least 4 members (excludes halogenated alkanes) is 3. The van der Waals surface area contributed by atoms with E-state index in [2.05, 4.69) is 40.8 Å². The second-order valence-corrected chi connectivity index (χ2v) is 5.37. The van der Waals surface area contributed by atoms with Gasteiger partial charge in [-0.05, 0) is 31.7 Å². The lowest BCUT2D eigenvalue weighted by Gasteiger charge is -2.11. The maximum Gasteiger partial charge on any atom is 0.191 e. The summed E-state index contributed by atoms with van der Waals surface area (Å²) in [4.78, 5) is 4.62. The number of hydrogen-bond donors (Lipinski definition) is 2. The van der Waals surface area contributed by atoms with Crippen LogP contribution in [0.25, 0.3) is 0 Å². The predicted octanol–water partition coefficient (Wildman–Crippen LogP) is 2.49. The van der Waals surface area contributed by atoms with E-state index in [1.165, 1.54) is 31.2 Å². The van der Waals surface area contributed by atoms with Crippen molar-refractivity contribution in [3.05, 3.63) is 18.0 Å². The molecule has 5 heteroatoms. The quantitative estimate of drug-likeness (QED) is 0.396. The minimum Gasteiger partial charge on any atom is -0.357 e. The molecule has 0 aliphatic rings. The maximum absolute atomic E-state index is 4.62. The summed E-state index contributed by atoms with van der Waals surface area (Å²) >= 11 is 0. The highest BCUT2D eigenvalue weighted by molar-refractivity contribution is 5.79. The van der Waals surface area contributed by atoms with Crippen LogP contribution in [0.15, 0.2) is 17.4 Å². The maximum atomic E-state index is 4.62. The van der Waals surface area contributed by atoms with Crippen molar-refractivity contribution in [1.82, 2.24) is 20.4 Å². The fraction of sp³-hybridized carbons (Fsp3) is 0.750. The van der Waals surface area contributed by atoms with Gasteiger partial charge in [-0.25, -0.2) is 0 Å². The Labute approximate surface area is 129 Å². The van der Waals surface area contributed by atoms with Crippen LogP contribution >= 0.6 is 0 Å². The molecule has 0 aromatic carbocycles. The molecule has 21 heavy (non-hydrogen) atoms. The Morgan fingerprint density at radius 2 is 2.05 bits per heavy atom. The van der Waals surface area contributed by atoms with Gasteiger partial charge in [-0.2, -0.15) is 5.10 Å². The minimum atomic E-state index is 0.846. The molecule has 1 rings (SSSR count). The Balaban J connectivity index is 2.20. The van der Waals surface area contributed by atoms with Gasteiger partial charge in [-0.1, -0.05) is 26.2 Å². The number of nitrogens with one attached hydrogen (secondary N) is 2. The van der Waals surface area contributed by atoms with Crippen molar-refractivity contribution in [2.24, 2.45) is 12.0 Å². The number of aliphatic imine (C=N–C) groups is 1. The zero-order valence-electron chi connectivity index (χ0n) is 13.9. The molecule has 0 saturated carbocycles. The number of aromatic nitrogens is 2. The van der Waals surface area contributed by atoms with Crippen LogP contribution in [0.5, 0.6) is 0 Å². The van der Waals surface area contributed by atoms with Gasteiger partial charge in [0.2, 0.25) is 0 Å². The fourth-order valence-corrected chi connectivity index (χ4v) is 2.18. The molecule has 0 atom stereocenters. The minimum absolute atomic E-state index is 0.846. The van der Waals surface area contributed by atoms with Crippen LogP contribution in [-0.2, 0) is 13.5 Å². The van der Waals surface area contributed by atoms with E-state index in [-0.39, 0.29) is 0 Å². The monoisotopic (exact) mass is 293 g/mol. The molecule has 5 nitrogen and oxygen atoms in total. The second kappa shape index (κ2) is 11.2. The summed E-state index contributed by atoms with van der Waals surface area (Å²) in [5, 5.41) is 10.9. The molecule has 0 bridgehead atoms. The number of hydrogen-bond acceptors (Lipinski definition) is 2. The lowest BCUT2D eigenvalue weighted by atomic mass is 10.2. The molecule has 1 aromatic rings. The molecule has 0 spiro atoms. The standard InChI is InChI=1S/C16H31N5/c1-4-6-7-8-11-18-16(17-5-2)19-12-9-10-15-13-20-21(3)14-15/h13-14H,4-12H2,1-3H3,(H2,17,18,19). The van der Waals surface area contributed by atoms with Crippen LogP contribution in [0.4, 0.5) is 0 Å². The van der Waals surface area contributed by atoms with Gasteiger partial charge < -0.3 is 10.6 Å². The van der Waals surface area contributed by atoms with Gasteiger partial charge >= 0.3 is 0 Å². The zero-order valence-corrected chi connectivity index (χ0v) is 13.9. The fourth-order valence-electron chi connectivity index (χ4n) is 2.18. The summed E-state index contributed by atoms with van der Waals surface area (Å²) in [7, 11) is 1.95. The van der Waals surface area contributed by atoms with Crippen LogP contribution in [0, 0.1) is 0 Å². The largest absolute Gasteiger partial charge is 0.357 e. The highest BCUT2D eigenvalue weighted by atomic mass is 15.2. The average molecular weight is 293 g/mol. The molecule has 0 radical (unpaired) electrons. The van der Waals surface area contributed by atoms with Crippen molar-refractivity contribution in [3.8, 4) is 0 Å². The summed E-state index contributed by atoms with van der Waals surface area (Å²) in [6.45, 7) is 7.10. The van der Waals surface area contributed by atoms with Crippen LogP contribution in [-0.4, -0.2) is 35.4 Å². The smallest absolute Gasteiger partial charge is 0.191 e. The summed E-state index contributed by atoms with van der Waals surface area (Å²) < 4.78 is 1.85. The van der Waals surface area contributed by atoms with Gasteiger partial charge in [0.25, 0.3) is 0 Å². The predicted molar refractivity (Wildman–Crippen MR) is 89.7 cm³/mol. The van der Waals surface area contributed by atoms with Crippen LogP contribution in [0.3, 0.4) is 0 Å². The molecular weight excluding hydrogens is 262 g/mol. The molecule has 0 amide bonds. The first-order valence-corrected chi connectivity index (χ1v) is 8.26. The van der Waals surface area contributed by atoms with Gasteiger partial charge in [-0.3, -0.25) is 9.67 Å². The number of guanidine groups is 1. The highest BCUT2D eigenvalue weighted by Crippen LogP contribution is 2.01. The van der Waals surface area contributed by atoms with Crippen molar-refractivity contribution < 1.29 is 0 Å². The third-order valence-electron chi connectivity index (χ3n) is 3.32. The van der Waals surface area contributed by atoms with Gasteiger partial charge in [0.15, 0.2) is 5.96 Å². The Morgan fingerprint density at radius 1 is 1.19 bits per heavy atom. The molecule has 0 aliphatic heterocycles. The first-order chi connectivity index (χ1) is 10.3. The van der Waals surface area contributed by atoms with Crippen molar-refractivity contribution in [1.29, 1.82) is 0 Å². The average Bonchev–Trinajstić information content (AvgIpc) is 2.88. The lowest BCUT2D eigenvalue weighted by molar-refractivity contribution is 0.646. The van der Waals surface area contributed by atoms with E-state index in [0.29, 0.717) is 0 Å². The molecule has 1 heterocycles. The Hall–Kier alpha value is -1.52. The van der Waals surface area contributed by atoms with E-state index >= 15 is 0 Å². The summed E-state index contributed by atoms with van der Waals surface area (Å²) in [6, 6.07) is 0. The van der Waals surface area contributed by atoms with Crippen LogP contribution < -0.4 is 10.6 Å². The van der Waals surface area contributed by atoms with Crippen molar-refractivity contribution in [3.63, 3.8) is 0 Å². The highest BCUT2D eigenvalue weighted by Gasteiger charge is 1.98. The summed E-state index contributed by atoms with van der Waals surface area (Å²) in [5.74, 6) is 0.945. The lowest BCUT2D eigenvalue weighted by Crippen LogP contribution is -2.37. The first kappa shape index (κ1) is 17.5. The molecule has 1 aromatic heterocycles. The number of aryl methyl sites for hydroxylation is 2. The van der Waals surface area contributed by atoms with Crippen LogP contribution in [0.2, 0.25) is 0 Å². The van der Waals surface area contributed by atoms with E-state index in [4.69, 9.17) is 0 Å². The van der Waals surface area contributed by atoms with E-state index in [1.807, 2.05) is 17.9 Å². The molecule has 2 N–H and O–H groups in total. The van der Waals surface area contributed by atoms with Gasteiger partial charge in [0.1, 0.15) is 0 Å². The normalized spacial score (nSPS) is 11.7. The first-order valence-electron chi connectivity index (χ1n) is 8.26. The molecule has 0 unspecified atom stereocenters. The van der Waals surface area contributed by atoms with Crippen molar-refractivity contribution >= 4 is 5.96 Å². The SMILES string of the molecule is CCCCCCNC(=NCCCc1cnn(C)c1)NCC. The molecule has 120 valence electrons. The summed E-state index contributed by atoms with van der Waals surface area (Å²) in [5.41, 5.74) is 1.28. The van der Waals surface area contributed by atoms with Gasteiger partial charge in [0, 0.05) is 32.9 Å². The Kier molecular flexibility index (Phi) is 9.33. The number of rotatable bonds is 10. The third-order valence-corrected chi connectivity index (χ3v) is 3.32. The van der Waals surface area contributed by atoms with Crippen molar-refractivity contribution in [2.75, 3.05) is 19.6 Å². The van der Waals surface area contributed by atoms with E-state index in [9.17, 15) is 0 Å². The van der Waals surface area contributed by atoms with Crippen molar-refractivity contribution in [2.45, 2.75) is 52.4 Å². The zero-order chi connectivity index (χ0) is 15.3. The number of nitrogens with zero attached hydrogens (tertiary/aromatic N) is 3. The summed E-state index contributed by atoms with van der Waals surface area (Å²) in [6.07, 6.45) is 11.2. The van der Waals surface area contributed by atoms with E-state index in [0.717, 1.165) is 38.4 Å². The second-order valence-electron chi connectivity index (χ2n) is 5.37. The van der Waals surface area contributed by atoms with Gasteiger partial charge in [-0.15, -0.1) is 0 Å². The Morgan fingerprint density at radius 3 is 2.71 bits per heavy atom.